The molecule has 0 aromatic heterocycles. The summed E-state index contributed by atoms with van der Waals surface area (Å²) in [6.07, 6.45) is 2.94. The zero-order chi connectivity index (χ0) is 16.0. The van der Waals surface area contributed by atoms with E-state index in [0.717, 1.165) is 23.4 Å². The van der Waals surface area contributed by atoms with Crippen molar-refractivity contribution < 1.29 is 13.2 Å². The van der Waals surface area contributed by atoms with Gasteiger partial charge in [-0.2, -0.15) is 0 Å². The molecule has 0 aliphatic carbocycles. The molecule has 1 amide bonds. The summed E-state index contributed by atoms with van der Waals surface area (Å²) in [5.74, 6) is -0.287. The van der Waals surface area contributed by atoms with Crippen LogP contribution < -0.4 is 9.62 Å². The molecule has 0 saturated heterocycles. The topological polar surface area (TPSA) is 66.5 Å². The maximum Gasteiger partial charge on any atom is 0.243 e. The van der Waals surface area contributed by atoms with Gasteiger partial charge in [0.15, 0.2) is 0 Å². The van der Waals surface area contributed by atoms with Gasteiger partial charge in [-0.25, -0.2) is 8.42 Å². The lowest BCUT2D eigenvalue weighted by molar-refractivity contribution is -0.122. The highest BCUT2D eigenvalue weighted by molar-refractivity contribution is 7.92. The number of carbonyl (C=O) groups is 1. The number of benzene rings is 1. The number of para-hydroxylation sites is 1. The molecule has 0 aliphatic heterocycles. The fraction of sp³-hybridized carbons (Fsp3) is 0.533. The minimum Gasteiger partial charge on any atom is -0.352 e. The molecule has 0 bridgehead atoms. The summed E-state index contributed by atoms with van der Waals surface area (Å²) in [7, 11) is -3.54. The molecular weight excluding hydrogens is 288 g/mol. The molecule has 0 unspecified atom stereocenters. The normalized spacial score (nSPS) is 14.3. The van der Waals surface area contributed by atoms with E-state index in [-0.39, 0.29) is 11.9 Å². The van der Waals surface area contributed by atoms with Crippen molar-refractivity contribution in [3.8, 4) is 0 Å². The molecule has 0 saturated carbocycles. The van der Waals surface area contributed by atoms with E-state index in [2.05, 4.69) is 5.32 Å². The molecule has 0 spiro atoms. The van der Waals surface area contributed by atoms with Gasteiger partial charge in [0.2, 0.25) is 15.9 Å². The number of hydrogen-bond donors (Lipinski definition) is 1. The lowest BCUT2D eigenvalue weighted by Gasteiger charge is -2.29. The molecule has 0 fully saturated rings. The highest BCUT2D eigenvalue weighted by atomic mass is 32.2. The van der Waals surface area contributed by atoms with Gasteiger partial charge in [-0.1, -0.05) is 31.5 Å². The standard InChI is InChI=1S/C15H24N2O3S/c1-5-9-12(2)16-15(18)13(3)17(21(4,19)20)14-10-7-6-8-11-14/h6-8,10-13H,5,9H2,1-4H3,(H,16,18)/t12-,13-/m1/s1. The molecule has 6 heteroatoms. The van der Waals surface area contributed by atoms with E-state index in [9.17, 15) is 13.2 Å². The zero-order valence-electron chi connectivity index (χ0n) is 13.0. The summed E-state index contributed by atoms with van der Waals surface area (Å²) in [5, 5.41) is 2.86. The van der Waals surface area contributed by atoms with Crippen LogP contribution in [0.25, 0.3) is 0 Å². The SMILES string of the molecule is CCC[C@@H](C)NC(=O)[C@@H](C)N(c1ccccc1)S(C)(=O)=O. The number of nitrogens with one attached hydrogen (secondary N) is 1. The van der Waals surface area contributed by atoms with E-state index in [1.807, 2.05) is 13.8 Å². The quantitative estimate of drug-likeness (QED) is 0.839. The van der Waals surface area contributed by atoms with E-state index >= 15 is 0 Å². The lowest BCUT2D eigenvalue weighted by atomic mass is 10.2. The Kier molecular flexibility index (Phi) is 6.20. The smallest absolute Gasteiger partial charge is 0.243 e. The molecule has 2 atom stereocenters. The number of sulfonamides is 1. The maximum atomic E-state index is 12.3. The third-order valence-corrected chi connectivity index (χ3v) is 4.45. The Bertz CT molecular complexity index is 558. The number of anilines is 1. The highest BCUT2D eigenvalue weighted by Gasteiger charge is 2.29. The first kappa shape index (κ1) is 17.5. The first-order chi connectivity index (χ1) is 9.77. The summed E-state index contributed by atoms with van der Waals surface area (Å²) < 4.78 is 25.2. The van der Waals surface area contributed by atoms with Gasteiger partial charge in [-0.05, 0) is 32.4 Å². The minimum absolute atomic E-state index is 0.0298. The number of nitrogens with zero attached hydrogens (tertiary/aromatic N) is 1. The van der Waals surface area contributed by atoms with Crippen LogP contribution in [0, 0.1) is 0 Å². The van der Waals surface area contributed by atoms with Crippen molar-refractivity contribution in [2.75, 3.05) is 10.6 Å². The molecule has 21 heavy (non-hydrogen) atoms. The van der Waals surface area contributed by atoms with Crippen LogP contribution in [-0.2, 0) is 14.8 Å². The average molecular weight is 312 g/mol. The summed E-state index contributed by atoms with van der Waals surface area (Å²) in [6.45, 7) is 5.56. The van der Waals surface area contributed by atoms with Gasteiger partial charge in [0, 0.05) is 6.04 Å². The Hall–Kier alpha value is -1.56. The third kappa shape index (κ3) is 5.04. The van der Waals surface area contributed by atoms with Gasteiger partial charge in [-0.3, -0.25) is 9.10 Å². The second kappa shape index (κ2) is 7.45. The summed E-state index contributed by atoms with van der Waals surface area (Å²) >= 11 is 0. The molecule has 0 heterocycles. The fourth-order valence-corrected chi connectivity index (χ4v) is 3.43. The summed E-state index contributed by atoms with van der Waals surface area (Å²) in [4.78, 5) is 12.3. The van der Waals surface area contributed by atoms with Gasteiger partial charge in [0.25, 0.3) is 0 Å². The predicted octanol–water partition coefficient (Wildman–Crippen LogP) is 2.15. The molecule has 1 rings (SSSR count). The van der Waals surface area contributed by atoms with E-state index < -0.39 is 16.1 Å². The molecular formula is C15H24N2O3S. The van der Waals surface area contributed by atoms with Crippen molar-refractivity contribution >= 4 is 21.6 Å². The van der Waals surface area contributed by atoms with Crippen LogP contribution >= 0.6 is 0 Å². The van der Waals surface area contributed by atoms with Crippen LogP contribution in [0.4, 0.5) is 5.69 Å². The number of amides is 1. The summed E-state index contributed by atoms with van der Waals surface area (Å²) in [6, 6.07) is 7.90. The Morgan fingerprint density at radius 2 is 1.81 bits per heavy atom. The van der Waals surface area contributed by atoms with E-state index in [4.69, 9.17) is 0 Å². The number of rotatable bonds is 7. The molecule has 5 nitrogen and oxygen atoms in total. The second-order valence-corrected chi connectivity index (χ2v) is 7.13. The number of carbonyl (C=O) groups excluding carboxylic acids is 1. The van der Waals surface area contributed by atoms with Gasteiger partial charge in [-0.15, -0.1) is 0 Å². The molecule has 1 aromatic carbocycles. The van der Waals surface area contributed by atoms with Crippen molar-refractivity contribution in [1.29, 1.82) is 0 Å². The monoisotopic (exact) mass is 312 g/mol. The Balaban J connectivity index is 2.97. The number of hydrogen-bond acceptors (Lipinski definition) is 3. The Labute approximate surface area is 127 Å². The Morgan fingerprint density at radius 1 is 1.24 bits per heavy atom. The molecule has 0 radical (unpaired) electrons. The summed E-state index contributed by atoms with van der Waals surface area (Å²) in [5.41, 5.74) is 0.491. The van der Waals surface area contributed by atoms with Crippen molar-refractivity contribution in [3.63, 3.8) is 0 Å². The van der Waals surface area contributed by atoms with Crippen LogP contribution in [0.5, 0.6) is 0 Å². The molecule has 0 aliphatic rings. The molecule has 1 aromatic rings. The maximum absolute atomic E-state index is 12.3. The third-order valence-electron chi connectivity index (χ3n) is 3.21. The van der Waals surface area contributed by atoms with Gasteiger partial charge in [0.05, 0.1) is 11.9 Å². The van der Waals surface area contributed by atoms with Crippen LogP contribution in [0.15, 0.2) is 30.3 Å². The first-order valence-electron chi connectivity index (χ1n) is 7.12. The zero-order valence-corrected chi connectivity index (χ0v) is 13.9. The van der Waals surface area contributed by atoms with Crippen molar-refractivity contribution in [2.24, 2.45) is 0 Å². The lowest BCUT2D eigenvalue weighted by Crippen LogP contribution is -2.49. The first-order valence-corrected chi connectivity index (χ1v) is 8.97. The van der Waals surface area contributed by atoms with Crippen LogP contribution in [0.2, 0.25) is 0 Å². The average Bonchev–Trinajstić information content (AvgIpc) is 2.38. The van der Waals surface area contributed by atoms with Crippen LogP contribution in [0.3, 0.4) is 0 Å². The van der Waals surface area contributed by atoms with E-state index in [0.29, 0.717) is 5.69 Å². The van der Waals surface area contributed by atoms with E-state index in [1.165, 1.54) is 0 Å². The molecule has 118 valence electrons. The van der Waals surface area contributed by atoms with Crippen LogP contribution in [0.1, 0.15) is 33.6 Å². The van der Waals surface area contributed by atoms with E-state index in [1.54, 1.807) is 37.3 Å². The van der Waals surface area contributed by atoms with Gasteiger partial charge < -0.3 is 5.32 Å². The fourth-order valence-electron chi connectivity index (χ4n) is 2.25. The van der Waals surface area contributed by atoms with Crippen molar-refractivity contribution in [3.05, 3.63) is 30.3 Å². The van der Waals surface area contributed by atoms with Gasteiger partial charge in [0.1, 0.15) is 6.04 Å². The predicted molar refractivity (Wildman–Crippen MR) is 85.7 cm³/mol. The highest BCUT2D eigenvalue weighted by Crippen LogP contribution is 2.20. The van der Waals surface area contributed by atoms with Crippen molar-refractivity contribution in [1.82, 2.24) is 5.32 Å². The second-order valence-electron chi connectivity index (χ2n) is 5.27. The minimum atomic E-state index is -3.54. The van der Waals surface area contributed by atoms with Crippen LogP contribution in [-0.4, -0.2) is 32.7 Å². The molecule has 1 N–H and O–H groups in total. The van der Waals surface area contributed by atoms with Gasteiger partial charge >= 0.3 is 0 Å². The Morgan fingerprint density at radius 3 is 2.29 bits per heavy atom. The van der Waals surface area contributed by atoms with Crippen molar-refractivity contribution in [2.45, 2.75) is 45.7 Å². The largest absolute Gasteiger partial charge is 0.352 e.